The first-order valence-corrected chi connectivity index (χ1v) is 10.5. The Bertz CT molecular complexity index is 880. The number of aryl methyl sites for hydroxylation is 1. The van der Waals surface area contributed by atoms with Gasteiger partial charge in [-0.2, -0.15) is 0 Å². The van der Waals surface area contributed by atoms with Crippen LogP contribution in [0.15, 0.2) is 54.6 Å². The molecule has 3 amide bonds. The van der Waals surface area contributed by atoms with Crippen LogP contribution in [0.4, 0.5) is 4.79 Å². The molecule has 0 radical (unpaired) electrons. The van der Waals surface area contributed by atoms with Gasteiger partial charge in [0.25, 0.3) is 5.91 Å². The van der Waals surface area contributed by atoms with E-state index in [1.54, 1.807) is 0 Å². The number of aliphatic hydroxyl groups is 1. The third kappa shape index (κ3) is 4.40. The number of hydrogen-bond donors (Lipinski definition) is 2. The van der Waals surface area contributed by atoms with Crippen LogP contribution in [0.3, 0.4) is 0 Å². The summed E-state index contributed by atoms with van der Waals surface area (Å²) in [5.74, 6) is -0.282. The number of β-amino-alcohol motifs (C(OH)–C–C–N with tert-alkyl or cyclic N) is 1. The van der Waals surface area contributed by atoms with Gasteiger partial charge in [-0.1, -0.05) is 68.4 Å². The third-order valence-electron chi connectivity index (χ3n) is 5.87. The minimum absolute atomic E-state index is 0.00376. The number of rotatable bonds is 9. The van der Waals surface area contributed by atoms with Gasteiger partial charge in [0.05, 0.1) is 19.3 Å². The van der Waals surface area contributed by atoms with Crippen LogP contribution in [0.25, 0.3) is 0 Å². The largest absolute Gasteiger partial charge is 0.389 e. The van der Waals surface area contributed by atoms with Crippen molar-refractivity contribution in [3.05, 3.63) is 71.3 Å². The number of aliphatic hydroxyl groups excluding tert-OH is 1. The maximum Gasteiger partial charge on any atom is 0.325 e. The highest BCUT2D eigenvalue weighted by Crippen LogP contribution is 2.29. The number of urea groups is 1. The van der Waals surface area contributed by atoms with Crippen molar-refractivity contribution in [3.63, 3.8) is 0 Å². The Morgan fingerprint density at radius 3 is 2.27 bits per heavy atom. The van der Waals surface area contributed by atoms with E-state index in [0.29, 0.717) is 12.8 Å². The first kappa shape index (κ1) is 22.0. The van der Waals surface area contributed by atoms with Crippen molar-refractivity contribution in [2.45, 2.75) is 51.4 Å². The second-order valence-electron chi connectivity index (χ2n) is 7.77. The molecule has 2 aromatic carbocycles. The van der Waals surface area contributed by atoms with Crippen LogP contribution in [0.5, 0.6) is 0 Å². The zero-order valence-corrected chi connectivity index (χ0v) is 17.8. The number of nitrogens with zero attached hydrogens (tertiary/aromatic N) is 1. The average Bonchev–Trinajstić information content (AvgIpc) is 3.00. The lowest BCUT2D eigenvalue weighted by atomic mass is 9.93. The van der Waals surface area contributed by atoms with Gasteiger partial charge in [-0.05, 0) is 36.5 Å². The van der Waals surface area contributed by atoms with E-state index < -0.39 is 17.7 Å². The minimum Gasteiger partial charge on any atom is -0.389 e. The number of hydrogen-bond acceptors (Lipinski definition) is 4. The first-order valence-electron chi connectivity index (χ1n) is 10.5. The molecule has 0 bridgehead atoms. The molecule has 2 N–H and O–H groups in total. The van der Waals surface area contributed by atoms with Gasteiger partial charge in [0, 0.05) is 0 Å². The zero-order valence-electron chi connectivity index (χ0n) is 17.8. The van der Waals surface area contributed by atoms with E-state index in [1.165, 1.54) is 0 Å². The van der Waals surface area contributed by atoms with E-state index in [-0.39, 0.29) is 25.2 Å². The van der Waals surface area contributed by atoms with Gasteiger partial charge >= 0.3 is 6.03 Å². The zero-order chi connectivity index (χ0) is 21.7. The van der Waals surface area contributed by atoms with Crippen molar-refractivity contribution < 1.29 is 19.4 Å². The summed E-state index contributed by atoms with van der Waals surface area (Å²) in [4.78, 5) is 26.2. The highest BCUT2D eigenvalue weighted by atomic mass is 16.5. The van der Waals surface area contributed by atoms with Crippen molar-refractivity contribution in [2.75, 3.05) is 13.2 Å². The van der Waals surface area contributed by atoms with Crippen molar-refractivity contribution in [1.29, 1.82) is 0 Å². The predicted molar refractivity (Wildman–Crippen MR) is 115 cm³/mol. The monoisotopic (exact) mass is 410 g/mol. The Hall–Kier alpha value is -2.70. The Labute approximate surface area is 177 Å². The maximum absolute atomic E-state index is 12.8. The molecule has 30 heavy (non-hydrogen) atoms. The molecule has 6 nitrogen and oxygen atoms in total. The Morgan fingerprint density at radius 1 is 1.03 bits per heavy atom. The first-order chi connectivity index (χ1) is 14.4. The maximum atomic E-state index is 12.8. The van der Waals surface area contributed by atoms with E-state index in [4.69, 9.17) is 4.74 Å². The van der Waals surface area contributed by atoms with Crippen LogP contribution in [0.1, 0.15) is 49.5 Å². The normalized spacial score (nSPS) is 17.7. The molecular formula is C24H30N2O4. The molecule has 0 aromatic heterocycles. The molecule has 1 aliphatic rings. The summed E-state index contributed by atoms with van der Waals surface area (Å²) in [6.07, 6.45) is -0.309. The third-order valence-corrected chi connectivity index (χ3v) is 5.87. The van der Waals surface area contributed by atoms with Gasteiger partial charge in [-0.3, -0.25) is 9.69 Å². The highest BCUT2D eigenvalue weighted by Gasteiger charge is 2.49. The SMILES string of the molecule is CCC1(CC)NC(=O)N(CC(O)COC(c2ccccc2)c2ccccc2C)C1=O. The number of ether oxygens (including phenoxy) is 1. The van der Waals surface area contributed by atoms with Crippen molar-refractivity contribution in [2.24, 2.45) is 0 Å². The number of carbonyl (C=O) groups excluding carboxylic acids is 2. The van der Waals surface area contributed by atoms with Crippen LogP contribution in [-0.4, -0.2) is 46.7 Å². The Balaban J connectivity index is 1.71. The molecule has 0 saturated carbocycles. The molecule has 2 aromatic rings. The van der Waals surface area contributed by atoms with Crippen molar-refractivity contribution in [3.8, 4) is 0 Å². The lowest BCUT2D eigenvalue weighted by molar-refractivity contribution is -0.133. The summed E-state index contributed by atoms with van der Waals surface area (Å²) in [5.41, 5.74) is 2.21. The lowest BCUT2D eigenvalue weighted by Gasteiger charge is -2.25. The molecule has 2 unspecified atom stereocenters. The molecule has 0 spiro atoms. The summed E-state index contributed by atoms with van der Waals surface area (Å²) in [6.45, 7) is 5.67. The van der Waals surface area contributed by atoms with Gasteiger partial charge in [-0.15, -0.1) is 0 Å². The fourth-order valence-corrected chi connectivity index (χ4v) is 3.92. The Morgan fingerprint density at radius 2 is 1.67 bits per heavy atom. The summed E-state index contributed by atoms with van der Waals surface area (Å²) in [5, 5.41) is 13.4. The molecule has 3 rings (SSSR count). The van der Waals surface area contributed by atoms with E-state index in [0.717, 1.165) is 21.6 Å². The van der Waals surface area contributed by atoms with Crippen molar-refractivity contribution in [1.82, 2.24) is 10.2 Å². The second-order valence-corrected chi connectivity index (χ2v) is 7.77. The Kier molecular flexibility index (Phi) is 6.90. The van der Waals surface area contributed by atoms with E-state index in [1.807, 2.05) is 75.4 Å². The summed E-state index contributed by atoms with van der Waals surface area (Å²) in [7, 11) is 0. The number of amides is 3. The minimum atomic E-state index is -0.987. The standard InChI is InChI=1S/C24H30N2O4/c1-4-24(5-2)22(28)26(23(29)25-24)15-19(27)16-30-21(18-12-7-6-8-13-18)20-14-10-9-11-17(20)3/h6-14,19,21,27H,4-5,15-16H2,1-3H3,(H,25,29). The van der Waals surface area contributed by atoms with Crippen LogP contribution >= 0.6 is 0 Å². The molecule has 1 saturated heterocycles. The van der Waals surface area contributed by atoms with Crippen LogP contribution in [0.2, 0.25) is 0 Å². The summed E-state index contributed by atoms with van der Waals surface area (Å²) >= 11 is 0. The second kappa shape index (κ2) is 9.41. The average molecular weight is 411 g/mol. The highest BCUT2D eigenvalue weighted by molar-refractivity contribution is 6.07. The summed E-state index contributed by atoms with van der Waals surface area (Å²) < 4.78 is 6.12. The molecule has 1 heterocycles. The van der Waals surface area contributed by atoms with Gasteiger partial charge < -0.3 is 15.2 Å². The van der Waals surface area contributed by atoms with Crippen LogP contribution in [-0.2, 0) is 9.53 Å². The van der Waals surface area contributed by atoms with E-state index in [2.05, 4.69) is 5.32 Å². The smallest absolute Gasteiger partial charge is 0.325 e. The molecule has 2 atom stereocenters. The fraction of sp³-hybridized carbons (Fsp3) is 0.417. The predicted octanol–water partition coefficient (Wildman–Crippen LogP) is 3.57. The van der Waals surface area contributed by atoms with Crippen LogP contribution in [0, 0.1) is 6.92 Å². The molecule has 0 aliphatic carbocycles. The van der Waals surface area contributed by atoms with E-state index in [9.17, 15) is 14.7 Å². The number of carbonyl (C=O) groups is 2. The fourth-order valence-electron chi connectivity index (χ4n) is 3.92. The quantitative estimate of drug-likeness (QED) is 0.620. The van der Waals surface area contributed by atoms with Gasteiger partial charge in [-0.25, -0.2) is 4.79 Å². The van der Waals surface area contributed by atoms with Gasteiger partial charge in [0.2, 0.25) is 0 Å². The summed E-state index contributed by atoms with van der Waals surface area (Å²) in [6, 6.07) is 17.3. The molecule has 6 heteroatoms. The van der Waals surface area contributed by atoms with Gasteiger partial charge in [0.15, 0.2) is 0 Å². The van der Waals surface area contributed by atoms with Gasteiger partial charge in [0.1, 0.15) is 11.6 Å². The molecule has 1 fully saturated rings. The molecular weight excluding hydrogens is 380 g/mol. The van der Waals surface area contributed by atoms with Crippen LogP contribution < -0.4 is 5.32 Å². The number of benzene rings is 2. The lowest BCUT2D eigenvalue weighted by Crippen LogP contribution is -2.46. The number of imide groups is 1. The van der Waals surface area contributed by atoms with E-state index >= 15 is 0 Å². The molecule has 160 valence electrons. The van der Waals surface area contributed by atoms with Crippen molar-refractivity contribution >= 4 is 11.9 Å². The number of nitrogens with one attached hydrogen (secondary N) is 1. The molecule has 1 aliphatic heterocycles. The topological polar surface area (TPSA) is 78.9 Å².